The molecule has 0 amide bonds. The van der Waals surface area contributed by atoms with Gasteiger partial charge in [-0.2, -0.15) is 0 Å². The van der Waals surface area contributed by atoms with Crippen molar-refractivity contribution < 1.29 is 9.47 Å². The van der Waals surface area contributed by atoms with Crippen LogP contribution in [0.3, 0.4) is 0 Å². The van der Waals surface area contributed by atoms with Gasteiger partial charge < -0.3 is 19.4 Å². The molecule has 2 N–H and O–H groups in total. The third-order valence-corrected chi connectivity index (χ3v) is 4.78. The molecular formula is C26H38N4O3. The summed E-state index contributed by atoms with van der Waals surface area (Å²) in [5.41, 5.74) is 3.10. The predicted molar refractivity (Wildman–Crippen MR) is 137 cm³/mol. The molecule has 0 aliphatic carbocycles. The molecule has 0 atom stereocenters. The molecule has 33 heavy (non-hydrogen) atoms. The van der Waals surface area contributed by atoms with E-state index in [2.05, 4.69) is 42.6 Å². The summed E-state index contributed by atoms with van der Waals surface area (Å²) in [7, 11) is 0. The lowest BCUT2D eigenvalue weighted by Gasteiger charge is -2.12. The quantitative estimate of drug-likeness (QED) is 0.344. The SMILES string of the molecule is CCC.CCCC.CCOc1ccc(Cn2c(=O)[nH]c3c4cc[nH]c4ncc32)cc1OCC. The van der Waals surface area contributed by atoms with Gasteiger partial charge in [0.05, 0.1) is 37.0 Å². The molecule has 0 spiro atoms. The van der Waals surface area contributed by atoms with Crippen molar-refractivity contribution >= 4 is 22.1 Å². The van der Waals surface area contributed by atoms with Gasteiger partial charge in [-0.05, 0) is 37.6 Å². The van der Waals surface area contributed by atoms with Gasteiger partial charge in [-0.1, -0.05) is 53.0 Å². The second-order valence-electron chi connectivity index (χ2n) is 7.63. The van der Waals surface area contributed by atoms with E-state index in [-0.39, 0.29) is 5.69 Å². The number of imidazole rings is 1. The van der Waals surface area contributed by atoms with E-state index in [9.17, 15) is 4.79 Å². The summed E-state index contributed by atoms with van der Waals surface area (Å²) < 4.78 is 13.0. The van der Waals surface area contributed by atoms with Gasteiger partial charge >= 0.3 is 5.69 Å². The van der Waals surface area contributed by atoms with Crippen LogP contribution in [0.2, 0.25) is 0 Å². The monoisotopic (exact) mass is 454 g/mol. The van der Waals surface area contributed by atoms with Crippen LogP contribution in [0.4, 0.5) is 0 Å². The van der Waals surface area contributed by atoms with Crippen molar-refractivity contribution in [3.8, 4) is 11.5 Å². The number of benzene rings is 1. The van der Waals surface area contributed by atoms with Crippen LogP contribution in [0.15, 0.2) is 41.5 Å². The molecule has 0 unspecified atom stereocenters. The Hall–Kier alpha value is -3.22. The standard InChI is InChI=1S/C19H20N4O3.C4H10.C3H8/c1-3-25-15-6-5-12(9-16(15)26-4-2)11-23-14-10-21-18-13(7-8-20-18)17(14)22-19(23)24;1-3-4-2;1-3-2/h5-10H,3-4,11H2,1-2H3,(H,20,21)(H,22,24);3-4H2,1-2H3;3H2,1-2H3. The number of ether oxygens (including phenoxy) is 2. The molecule has 4 aromatic rings. The van der Waals surface area contributed by atoms with E-state index in [0.717, 1.165) is 27.6 Å². The second-order valence-corrected chi connectivity index (χ2v) is 7.63. The summed E-state index contributed by atoms with van der Waals surface area (Å²) in [4.78, 5) is 22.9. The van der Waals surface area contributed by atoms with E-state index in [1.54, 1.807) is 10.8 Å². The number of nitrogens with one attached hydrogen (secondary N) is 2. The lowest BCUT2D eigenvalue weighted by atomic mass is 10.2. The molecule has 180 valence electrons. The molecule has 4 rings (SSSR count). The zero-order valence-corrected chi connectivity index (χ0v) is 20.8. The first-order valence-corrected chi connectivity index (χ1v) is 12.0. The Morgan fingerprint density at radius 3 is 2.24 bits per heavy atom. The van der Waals surface area contributed by atoms with E-state index >= 15 is 0 Å². The fourth-order valence-electron chi connectivity index (χ4n) is 3.15. The number of pyridine rings is 1. The van der Waals surface area contributed by atoms with Gasteiger partial charge in [0.2, 0.25) is 0 Å². The van der Waals surface area contributed by atoms with Crippen molar-refractivity contribution in [2.24, 2.45) is 0 Å². The minimum absolute atomic E-state index is 0.164. The molecule has 7 heteroatoms. The highest BCUT2D eigenvalue weighted by Crippen LogP contribution is 2.29. The molecule has 0 radical (unpaired) electrons. The lowest BCUT2D eigenvalue weighted by Crippen LogP contribution is -2.17. The summed E-state index contributed by atoms with van der Waals surface area (Å²) in [6, 6.07) is 7.66. The Morgan fingerprint density at radius 1 is 0.939 bits per heavy atom. The molecule has 0 fully saturated rings. The number of aromatic amines is 2. The minimum atomic E-state index is -0.164. The highest BCUT2D eigenvalue weighted by molar-refractivity contribution is 6.00. The van der Waals surface area contributed by atoms with Crippen LogP contribution in [-0.2, 0) is 6.54 Å². The molecule has 1 aromatic carbocycles. The minimum Gasteiger partial charge on any atom is -0.490 e. The van der Waals surface area contributed by atoms with Crippen LogP contribution in [0.25, 0.3) is 22.1 Å². The highest BCUT2D eigenvalue weighted by Gasteiger charge is 2.13. The summed E-state index contributed by atoms with van der Waals surface area (Å²) in [5.74, 6) is 1.39. The van der Waals surface area contributed by atoms with Gasteiger partial charge in [0, 0.05) is 11.6 Å². The summed E-state index contributed by atoms with van der Waals surface area (Å²) in [6.07, 6.45) is 7.41. The fraction of sp³-hybridized carbons (Fsp3) is 0.462. The maximum atomic E-state index is 12.5. The topological polar surface area (TPSA) is 84.9 Å². The number of hydrogen-bond acceptors (Lipinski definition) is 4. The zero-order chi connectivity index (χ0) is 24.2. The number of hydrogen-bond donors (Lipinski definition) is 2. The van der Waals surface area contributed by atoms with E-state index in [0.29, 0.717) is 31.3 Å². The molecule has 3 aromatic heterocycles. The first kappa shape index (κ1) is 26.0. The lowest BCUT2D eigenvalue weighted by molar-refractivity contribution is 0.287. The molecule has 3 heterocycles. The Morgan fingerprint density at radius 2 is 1.61 bits per heavy atom. The smallest absolute Gasteiger partial charge is 0.326 e. The number of aromatic nitrogens is 4. The van der Waals surface area contributed by atoms with E-state index < -0.39 is 0 Å². The van der Waals surface area contributed by atoms with Crippen molar-refractivity contribution in [1.29, 1.82) is 0 Å². The van der Waals surface area contributed by atoms with Gasteiger partial charge in [0.25, 0.3) is 0 Å². The summed E-state index contributed by atoms with van der Waals surface area (Å²) >= 11 is 0. The summed E-state index contributed by atoms with van der Waals surface area (Å²) in [6.45, 7) is 14.0. The van der Waals surface area contributed by atoms with Gasteiger partial charge in [0.15, 0.2) is 11.5 Å². The Bertz CT molecular complexity index is 1170. The van der Waals surface area contributed by atoms with Gasteiger partial charge in [0.1, 0.15) is 5.65 Å². The third-order valence-electron chi connectivity index (χ3n) is 4.78. The molecule has 0 bridgehead atoms. The summed E-state index contributed by atoms with van der Waals surface area (Å²) in [5, 5.41) is 0.903. The number of unbranched alkanes of at least 4 members (excludes halogenated alkanes) is 1. The van der Waals surface area contributed by atoms with Gasteiger partial charge in [-0.3, -0.25) is 4.57 Å². The molecule has 0 aliphatic rings. The molecule has 0 aliphatic heterocycles. The average Bonchev–Trinajstić information content (AvgIpc) is 3.41. The van der Waals surface area contributed by atoms with Gasteiger partial charge in [-0.15, -0.1) is 0 Å². The van der Waals surface area contributed by atoms with Crippen molar-refractivity contribution in [3.05, 3.63) is 52.7 Å². The van der Waals surface area contributed by atoms with Crippen LogP contribution in [0.1, 0.15) is 66.4 Å². The molecule has 0 saturated heterocycles. The molecule has 7 nitrogen and oxygen atoms in total. The van der Waals surface area contributed by atoms with Crippen LogP contribution < -0.4 is 15.2 Å². The normalized spacial score (nSPS) is 10.4. The first-order chi connectivity index (χ1) is 16.0. The molecule has 0 saturated carbocycles. The van der Waals surface area contributed by atoms with Crippen molar-refractivity contribution in [2.45, 2.75) is 67.3 Å². The highest BCUT2D eigenvalue weighted by atomic mass is 16.5. The second kappa shape index (κ2) is 13.4. The van der Waals surface area contributed by atoms with Crippen molar-refractivity contribution in [1.82, 2.24) is 19.5 Å². The van der Waals surface area contributed by atoms with Crippen LogP contribution in [0.5, 0.6) is 11.5 Å². The van der Waals surface area contributed by atoms with Crippen molar-refractivity contribution in [2.75, 3.05) is 13.2 Å². The maximum absolute atomic E-state index is 12.5. The Balaban J connectivity index is 0.000000489. The number of rotatable bonds is 7. The first-order valence-electron chi connectivity index (χ1n) is 12.0. The fourth-order valence-corrected chi connectivity index (χ4v) is 3.15. The van der Waals surface area contributed by atoms with Crippen LogP contribution in [0, 0.1) is 0 Å². The van der Waals surface area contributed by atoms with Crippen LogP contribution >= 0.6 is 0 Å². The number of fused-ring (bicyclic) bond motifs is 3. The number of H-pyrrole nitrogens is 2. The number of nitrogens with zero attached hydrogens (tertiary/aromatic N) is 2. The Labute approximate surface area is 196 Å². The maximum Gasteiger partial charge on any atom is 0.326 e. The average molecular weight is 455 g/mol. The van der Waals surface area contributed by atoms with Crippen molar-refractivity contribution in [3.63, 3.8) is 0 Å². The van der Waals surface area contributed by atoms with E-state index in [1.165, 1.54) is 19.3 Å². The van der Waals surface area contributed by atoms with E-state index in [1.807, 2.05) is 44.3 Å². The largest absolute Gasteiger partial charge is 0.490 e. The zero-order valence-electron chi connectivity index (χ0n) is 20.8. The van der Waals surface area contributed by atoms with Gasteiger partial charge in [-0.25, -0.2) is 9.78 Å². The third kappa shape index (κ3) is 6.63. The van der Waals surface area contributed by atoms with E-state index in [4.69, 9.17) is 9.47 Å². The predicted octanol–water partition coefficient (Wildman–Crippen LogP) is 6.27. The Kier molecular flexibility index (Phi) is 10.5. The van der Waals surface area contributed by atoms with Crippen LogP contribution in [-0.4, -0.2) is 32.7 Å². The molecular weight excluding hydrogens is 416 g/mol.